The molecule has 8 atom stereocenters. The molecule has 0 spiro atoms. The third-order valence-electron chi connectivity index (χ3n) is 14.9. The molecule has 0 aliphatic carbocycles. The average molecular weight is 1480 g/mol. The van der Waals surface area contributed by atoms with E-state index in [1.165, 1.54) is 45.6 Å². The fourth-order valence-corrected chi connectivity index (χ4v) is 12.5. The standard InChI is InChI=1S/C20H30N2O7S.C14H26N2O4.C13H24N2O5.C13H24N2O4.C7H7ClO2S/c1-14-6-8-17(9-7-14)30(25,26)29-16-10-15(22(12-16)13-18(23)27-5)11-21-19(24)28-20(2,3)4;1-10-6-11(16(8-10)9-12(17)19-5)7-15-13(18)20-14(2,3)4;1-13(2,3)20-12(18)14-6-9-5-10(16)7-15(9)8-11(17)19-4;1-9-5-10(15(7-9)8-11(16)17)6-14-12(18)19-13(2,3)4;1-6-2-4-7(5-3-6)11(8,9)10/h6-9,15-16H,10-13H2,1-5H3,(H,21,24);10-11H,6-9H2,1-5H3,(H,15,18);9-10,16H,5-8H2,1-4H3,(H,14,18);9-10H,5-8H2,1-4H3,(H,14,18)(H,16,17);2-5H,1H3/t15-,16-;10-,11+;9-,10-;9-,10+;/m1010./s1. The molecule has 0 radical (unpaired) electrons. The number of hydrogen-bond acceptors (Lipinski definition) is 25. The number of carbonyl (C=O) groups is 8. The number of likely N-dealkylation sites (tertiary alicyclic amines) is 4. The molecular formula is C67H111ClN8O22S2. The van der Waals surface area contributed by atoms with Crippen LogP contribution >= 0.6 is 10.7 Å². The monoisotopic (exact) mass is 1480 g/mol. The number of ether oxygens (including phenoxy) is 7. The van der Waals surface area contributed by atoms with Gasteiger partial charge in [-0.2, -0.15) is 8.42 Å². The maximum atomic E-state index is 12.6. The number of aliphatic carboxylic acids is 1. The van der Waals surface area contributed by atoms with Gasteiger partial charge in [-0.1, -0.05) is 49.2 Å². The number of nitrogens with zero attached hydrogens (tertiary/aromatic N) is 4. The third-order valence-corrected chi connectivity index (χ3v) is 17.6. The molecule has 4 heterocycles. The molecule has 30 nitrogen and oxygen atoms in total. The maximum Gasteiger partial charge on any atom is 0.407 e. The van der Waals surface area contributed by atoms with Gasteiger partial charge >= 0.3 is 48.3 Å². The van der Waals surface area contributed by atoms with Gasteiger partial charge in [0.2, 0.25) is 0 Å². The van der Waals surface area contributed by atoms with E-state index in [1.807, 2.05) is 44.4 Å². The normalized spacial score (nSPS) is 21.2. The molecule has 4 aliphatic heterocycles. The molecule has 4 amide bonds. The van der Waals surface area contributed by atoms with Gasteiger partial charge in [0.1, 0.15) is 22.4 Å². The zero-order valence-corrected chi connectivity index (χ0v) is 64.0. The summed E-state index contributed by atoms with van der Waals surface area (Å²) in [6.07, 6.45) is -0.455. The number of hydrogen-bond donors (Lipinski definition) is 6. The minimum atomic E-state index is -3.95. The van der Waals surface area contributed by atoms with Crippen LogP contribution < -0.4 is 21.3 Å². The number of benzene rings is 2. The number of aryl methyl sites for hydroxylation is 2. The number of nitrogens with one attached hydrogen (secondary N) is 4. The van der Waals surface area contributed by atoms with E-state index in [9.17, 15) is 60.3 Å². The van der Waals surface area contributed by atoms with Gasteiger partial charge in [-0.15, -0.1) is 0 Å². The van der Waals surface area contributed by atoms with Gasteiger partial charge in [-0.05, 0) is 159 Å². The van der Waals surface area contributed by atoms with E-state index in [1.54, 1.807) is 96.4 Å². The Balaban J connectivity index is 0.000000438. The summed E-state index contributed by atoms with van der Waals surface area (Å²) < 4.78 is 86.8. The van der Waals surface area contributed by atoms with Crippen LogP contribution in [0, 0.1) is 25.7 Å². The van der Waals surface area contributed by atoms with Crippen molar-refractivity contribution in [3.8, 4) is 0 Å². The molecule has 6 rings (SSSR count). The fourth-order valence-electron chi connectivity index (χ4n) is 10.6. The van der Waals surface area contributed by atoms with Gasteiger partial charge in [-0.3, -0.25) is 43.0 Å². The van der Waals surface area contributed by atoms with Crippen molar-refractivity contribution in [3.05, 3.63) is 59.7 Å². The van der Waals surface area contributed by atoms with Gasteiger partial charge in [0.15, 0.2) is 0 Å². The van der Waals surface area contributed by atoms with E-state index >= 15 is 0 Å². The number of esters is 3. The molecule has 4 aliphatic rings. The second-order valence-electron chi connectivity index (χ2n) is 29.0. The highest BCUT2D eigenvalue weighted by atomic mass is 35.7. The van der Waals surface area contributed by atoms with Crippen molar-refractivity contribution in [2.75, 3.05) is 99.9 Å². The Hall–Kier alpha value is -6.65. The Morgan fingerprint density at radius 2 is 0.750 bits per heavy atom. The van der Waals surface area contributed by atoms with E-state index in [2.05, 4.69) is 39.9 Å². The molecule has 100 heavy (non-hydrogen) atoms. The number of aliphatic hydroxyl groups is 1. The number of β-amino-alcohol motifs (C(OH)–C–C–N with tert-alkyl or cyclic N) is 1. The molecule has 6 N–H and O–H groups in total. The largest absolute Gasteiger partial charge is 0.480 e. The molecule has 0 saturated carbocycles. The summed E-state index contributed by atoms with van der Waals surface area (Å²) in [5, 5.41) is 29.3. The Morgan fingerprint density at radius 3 is 1.06 bits per heavy atom. The maximum absolute atomic E-state index is 12.6. The number of rotatable bonds is 20. The second-order valence-corrected chi connectivity index (χ2v) is 33.2. The van der Waals surface area contributed by atoms with Crippen molar-refractivity contribution in [1.82, 2.24) is 40.9 Å². The van der Waals surface area contributed by atoms with Crippen molar-refractivity contribution >= 4 is 78.1 Å². The minimum Gasteiger partial charge on any atom is -0.480 e. The van der Waals surface area contributed by atoms with Crippen molar-refractivity contribution in [1.29, 1.82) is 0 Å². The second kappa shape index (κ2) is 40.9. The first-order valence-corrected chi connectivity index (χ1v) is 36.7. The quantitative estimate of drug-likeness (QED) is 0.0352. The van der Waals surface area contributed by atoms with E-state index in [-0.39, 0.29) is 85.2 Å². The number of carbonyl (C=O) groups excluding carboxylic acids is 7. The van der Waals surface area contributed by atoms with E-state index in [4.69, 9.17) is 48.4 Å². The SMILES string of the molecule is COC(=O)CN1C[C@@H](C)C[C@@H]1CNC(=O)OC(C)(C)C.COC(=O)CN1C[C@H](O)C[C@@H]1CNC(=O)OC(C)(C)C.COC(=O)CN1C[C@H](OS(=O)(=O)c2ccc(C)cc2)C[C@@H]1CNC(=O)OC(C)(C)C.C[C@H]1C[C@H](CNC(=O)OC(C)(C)C)N(CC(=O)O)C1.Cc1ccc(S(=O)(=O)Cl)cc1. The van der Waals surface area contributed by atoms with Crippen molar-refractivity contribution in [3.63, 3.8) is 0 Å². The lowest BCUT2D eigenvalue weighted by Crippen LogP contribution is -2.43. The molecule has 0 aromatic heterocycles. The lowest BCUT2D eigenvalue weighted by molar-refractivity contribution is -0.143. The fraction of sp³-hybridized carbons (Fsp3) is 0.701. The predicted molar refractivity (Wildman–Crippen MR) is 372 cm³/mol. The van der Waals surface area contributed by atoms with Gasteiger partial charge in [-0.25, -0.2) is 27.6 Å². The lowest BCUT2D eigenvalue weighted by Gasteiger charge is -2.24. The van der Waals surface area contributed by atoms with Crippen LogP contribution in [0.15, 0.2) is 58.3 Å². The van der Waals surface area contributed by atoms with E-state index in [0.29, 0.717) is 50.9 Å². The molecule has 2 aromatic rings. The summed E-state index contributed by atoms with van der Waals surface area (Å²) in [5.41, 5.74) is -0.266. The van der Waals surface area contributed by atoms with Crippen LogP contribution in [0.5, 0.6) is 0 Å². The minimum absolute atomic E-state index is 0.0189. The van der Waals surface area contributed by atoms with Gasteiger partial charge in [0.05, 0.1) is 69.5 Å². The van der Waals surface area contributed by atoms with Crippen LogP contribution in [-0.4, -0.2) is 254 Å². The number of aliphatic hydroxyl groups excluding tert-OH is 1. The number of carboxylic acids is 1. The topological polar surface area (TPSA) is 380 Å². The zero-order chi connectivity index (χ0) is 76.3. The van der Waals surface area contributed by atoms with Crippen molar-refractivity contribution in [2.45, 2.75) is 205 Å². The number of alkyl carbamates (subject to hydrolysis) is 4. The highest BCUT2D eigenvalue weighted by Gasteiger charge is 2.39. The summed E-state index contributed by atoms with van der Waals surface area (Å²) >= 11 is 0. The average Bonchev–Trinajstić information content (AvgIpc) is 1.52. The summed E-state index contributed by atoms with van der Waals surface area (Å²) in [6, 6.07) is 12.6. The Kier molecular flexibility index (Phi) is 36.5. The Morgan fingerprint density at radius 1 is 0.460 bits per heavy atom. The number of halogens is 1. The highest BCUT2D eigenvalue weighted by Crippen LogP contribution is 2.27. The van der Waals surface area contributed by atoms with E-state index < -0.39 is 90.1 Å². The van der Waals surface area contributed by atoms with Gasteiger partial charge in [0.25, 0.3) is 19.2 Å². The highest BCUT2D eigenvalue weighted by molar-refractivity contribution is 8.13. The lowest BCUT2D eigenvalue weighted by atomic mass is 10.1. The van der Waals surface area contributed by atoms with Crippen LogP contribution in [0.3, 0.4) is 0 Å². The van der Waals surface area contributed by atoms with Crippen LogP contribution in [0.2, 0.25) is 0 Å². The molecule has 0 unspecified atom stereocenters. The third kappa shape index (κ3) is 37.9. The van der Waals surface area contributed by atoms with Crippen LogP contribution in [0.4, 0.5) is 19.2 Å². The summed E-state index contributed by atoms with van der Waals surface area (Å²) in [6.45, 7) is 33.5. The van der Waals surface area contributed by atoms with Crippen molar-refractivity contribution < 1.29 is 103 Å². The molecule has 4 fully saturated rings. The number of amides is 4. The first-order chi connectivity index (χ1) is 46.0. The van der Waals surface area contributed by atoms with Crippen LogP contribution in [0.25, 0.3) is 0 Å². The zero-order valence-electron chi connectivity index (χ0n) is 61.6. The first kappa shape index (κ1) is 89.4. The molecular weight excluding hydrogens is 1370 g/mol. The van der Waals surface area contributed by atoms with Gasteiger partial charge in [0, 0.05) is 87.2 Å². The van der Waals surface area contributed by atoms with Gasteiger partial charge < -0.3 is 64.6 Å². The number of methoxy groups -OCH3 is 3. The van der Waals surface area contributed by atoms with Crippen LogP contribution in [-0.2, 0) is 75.7 Å². The smallest absolute Gasteiger partial charge is 0.407 e. The van der Waals surface area contributed by atoms with Crippen LogP contribution in [0.1, 0.15) is 134 Å². The first-order valence-electron chi connectivity index (χ1n) is 32.9. The molecule has 2 aromatic carbocycles. The Labute approximate surface area is 595 Å². The number of carboxylic acid groups (broad SMARTS) is 1. The molecule has 33 heteroatoms. The Bertz CT molecular complexity index is 3110. The van der Waals surface area contributed by atoms with E-state index in [0.717, 1.165) is 37.1 Å². The van der Waals surface area contributed by atoms with Crippen molar-refractivity contribution in [2.24, 2.45) is 11.8 Å². The predicted octanol–water partition coefficient (Wildman–Crippen LogP) is 6.58. The summed E-state index contributed by atoms with van der Waals surface area (Å²) in [5.74, 6) is -0.951. The molecule has 0 bridgehead atoms. The molecule has 570 valence electrons. The molecule has 4 saturated heterocycles. The summed E-state index contributed by atoms with van der Waals surface area (Å²) in [7, 11) is 1.57. The summed E-state index contributed by atoms with van der Waals surface area (Å²) in [4.78, 5) is 99.6.